The number of carbonyl (C=O) groups is 1. The molecule has 3 rings (SSSR count). The summed E-state index contributed by atoms with van der Waals surface area (Å²) in [5.41, 5.74) is 2.30. The van der Waals surface area contributed by atoms with E-state index in [2.05, 4.69) is 25.4 Å². The van der Waals surface area contributed by atoms with Crippen LogP contribution in [-0.4, -0.2) is 37.2 Å². The summed E-state index contributed by atoms with van der Waals surface area (Å²) in [6.07, 6.45) is 3.86. The third kappa shape index (κ3) is 2.51. The van der Waals surface area contributed by atoms with Gasteiger partial charge in [0, 0.05) is 25.6 Å². The van der Waals surface area contributed by atoms with E-state index in [0.29, 0.717) is 18.5 Å². The molecule has 0 aliphatic heterocycles. The largest absolute Gasteiger partial charge is 0.352 e. The molecular formula is C13H14N6O. The average Bonchev–Trinajstić information content (AvgIpc) is 3.06. The summed E-state index contributed by atoms with van der Waals surface area (Å²) in [7, 11) is 1.81. The Morgan fingerprint density at radius 2 is 2.30 bits per heavy atom. The molecule has 0 spiro atoms. The van der Waals surface area contributed by atoms with Crippen molar-refractivity contribution in [1.29, 1.82) is 0 Å². The third-order valence-electron chi connectivity index (χ3n) is 2.96. The van der Waals surface area contributed by atoms with Crippen LogP contribution in [0.15, 0.2) is 30.9 Å². The van der Waals surface area contributed by atoms with Crippen LogP contribution in [0.2, 0.25) is 0 Å². The van der Waals surface area contributed by atoms with Gasteiger partial charge in [0.1, 0.15) is 6.33 Å². The summed E-state index contributed by atoms with van der Waals surface area (Å²) in [6.45, 7) is 0.504. The number of hydrogen-bond acceptors (Lipinski definition) is 4. The fourth-order valence-corrected chi connectivity index (χ4v) is 1.97. The first-order valence-corrected chi connectivity index (χ1v) is 6.28. The third-order valence-corrected chi connectivity index (χ3v) is 2.96. The quantitative estimate of drug-likeness (QED) is 0.729. The van der Waals surface area contributed by atoms with Gasteiger partial charge in [0.05, 0.1) is 17.4 Å². The lowest BCUT2D eigenvalue weighted by atomic mass is 10.2. The summed E-state index contributed by atoms with van der Waals surface area (Å²) in [5, 5.41) is 7.01. The monoisotopic (exact) mass is 270 g/mol. The Bertz CT molecular complexity index is 744. The molecule has 2 aromatic heterocycles. The Labute approximate surface area is 115 Å². The molecule has 0 aliphatic carbocycles. The molecule has 1 amide bonds. The van der Waals surface area contributed by atoms with Crippen molar-refractivity contribution in [2.45, 2.75) is 6.42 Å². The fraction of sp³-hybridized carbons (Fsp3) is 0.231. The number of amides is 1. The van der Waals surface area contributed by atoms with Gasteiger partial charge < -0.3 is 10.3 Å². The van der Waals surface area contributed by atoms with Crippen molar-refractivity contribution in [3.8, 4) is 0 Å². The first kappa shape index (κ1) is 12.3. The molecule has 0 unspecified atom stereocenters. The molecule has 2 heterocycles. The number of aromatic nitrogens is 5. The van der Waals surface area contributed by atoms with E-state index in [0.717, 1.165) is 16.9 Å². The maximum atomic E-state index is 12.0. The van der Waals surface area contributed by atoms with Crippen molar-refractivity contribution in [2.24, 2.45) is 7.05 Å². The van der Waals surface area contributed by atoms with Gasteiger partial charge >= 0.3 is 0 Å². The molecule has 1 aromatic carbocycles. The van der Waals surface area contributed by atoms with E-state index in [1.165, 1.54) is 0 Å². The van der Waals surface area contributed by atoms with E-state index in [-0.39, 0.29) is 5.91 Å². The highest BCUT2D eigenvalue weighted by atomic mass is 16.1. The van der Waals surface area contributed by atoms with Crippen molar-refractivity contribution in [1.82, 2.24) is 30.0 Å². The standard InChI is InChI=1S/C13H14N6O/c1-19-8-17-12(18-19)4-5-14-13(20)9-2-3-10-11(6-9)16-7-15-10/h2-3,6-8H,4-5H2,1H3,(H,14,20)(H,15,16). The van der Waals surface area contributed by atoms with Crippen LogP contribution in [0.3, 0.4) is 0 Å². The van der Waals surface area contributed by atoms with Gasteiger partial charge in [-0.25, -0.2) is 9.97 Å². The minimum absolute atomic E-state index is 0.113. The second-order valence-corrected chi connectivity index (χ2v) is 4.47. The molecule has 0 atom stereocenters. The number of aryl methyl sites for hydroxylation is 1. The van der Waals surface area contributed by atoms with Gasteiger partial charge in [0.2, 0.25) is 0 Å². The van der Waals surface area contributed by atoms with Crippen LogP contribution in [-0.2, 0) is 13.5 Å². The number of H-pyrrole nitrogens is 1. The maximum Gasteiger partial charge on any atom is 0.251 e. The minimum Gasteiger partial charge on any atom is -0.352 e. The van der Waals surface area contributed by atoms with Crippen LogP contribution in [0.1, 0.15) is 16.2 Å². The molecule has 3 aromatic rings. The minimum atomic E-state index is -0.113. The van der Waals surface area contributed by atoms with Gasteiger partial charge in [-0.15, -0.1) is 0 Å². The maximum absolute atomic E-state index is 12.0. The summed E-state index contributed by atoms with van der Waals surface area (Å²) < 4.78 is 1.64. The molecule has 20 heavy (non-hydrogen) atoms. The lowest BCUT2D eigenvalue weighted by Crippen LogP contribution is -2.25. The molecule has 0 aliphatic rings. The molecular weight excluding hydrogens is 256 g/mol. The van der Waals surface area contributed by atoms with E-state index in [1.54, 1.807) is 29.5 Å². The number of nitrogens with zero attached hydrogens (tertiary/aromatic N) is 4. The average molecular weight is 270 g/mol. The van der Waals surface area contributed by atoms with E-state index in [9.17, 15) is 4.79 Å². The van der Waals surface area contributed by atoms with Crippen LogP contribution in [0.5, 0.6) is 0 Å². The Hall–Kier alpha value is -2.70. The molecule has 7 nitrogen and oxygen atoms in total. The fourth-order valence-electron chi connectivity index (χ4n) is 1.97. The van der Waals surface area contributed by atoms with Crippen molar-refractivity contribution in [3.05, 3.63) is 42.2 Å². The van der Waals surface area contributed by atoms with Crippen LogP contribution in [0.25, 0.3) is 11.0 Å². The van der Waals surface area contributed by atoms with Gasteiger partial charge in [-0.1, -0.05) is 0 Å². The molecule has 0 fully saturated rings. The molecule has 2 N–H and O–H groups in total. The number of hydrogen-bond donors (Lipinski definition) is 2. The van der Waals surface area contributed by atoms with E-state index >= 15 is 0 Å². The SMILES string of the molecule is Cn1cnc(CCNC(=O)c2ccc3nc[nH]c3c2)n1. The summed E-state index contributed by atoms with van der Waals surface area (Å²) in [6, 6.07) is 5.37. The van der Waals surface area contributed by atoms with Crippen molar-refractivity contribution >= 4 is 16.9 Å². The van der Waals surface area contributed by atoms with Gasteiger partial charge in [-0.05, 0) is 18.2 Å². The van der Waals surface area contributed by atoms with Crippen LogP contribution in [0, 0.1) is 0 Å². The van der Waals surface area contributed by atoms with Crippen molar-refractivity contribution < 1.29 is 4.79 Å². The Kier molecular flexibility index (Phi) is 3.16. The zero-order valence-electron chi connectivity index (χ0n) is 11.0. The van der Waals surface area contributed by atoms with Crippen LogP contribution in [0.4, 0.5) is 0 Å². The second kappa shape index (κ2) is 5.12. The predicted molar refractivity (Wildman–Crippen MR) is 73.1 cm³/mol. The number of rotatable bonds is 4. The van der Waals surface area contributed by atoms with Crippen molar-refractivity contribution in [2.75, 3.05) is 6.54 Å². The topological polar surface area (TPSA) is 88.5 Å². The summed E-state index contributed by atoms with van der Waals surface area (Å²) >= 11 is 0. The number of imidazole rings is 1. The smallest absolute Gasteiger partial charge is 0.251 e. The highest BCUT2D eigenvalue weighted by Gasteiger charge is 2.07. The number of carbonyl (C=O) groups excluding carboxylic acids is 1. The number of nitrogens with one attached hydrogen (secondary N) is 2. The van der Waals surface area contributed by atoms with Gasteiger partial charge in [-0.3, -0.25) is 9.48 Å². The molecule has 0 bridgehead atoms. The van der Waals surface area contributed by atoms with Crippen LogP contribution < -0.4 is 5.32 Å². The van der Waals surface area contributed by atoms with E-state index in [1.807, 2.05) is 13.1 Å². The normalized spacial score (nSPS) is 10.8. The summed E-state index contributed by atoms with van der Waals surface area (Å²) in [4.78, 5) is 23.2. The summed E-state index contributed by atoms with van der Waals surface area (Å²) in [5.74, 6) is 0.606. The number of aromatic amines is 1. The zero-order valence-corrected chi connectivity index (χ0v) is 11.0. The zero-order chi connectivity index (χ0) is 13.9. The molecule has 7 heteroatoms. The van der Waals surface area contributed by atoms with Gasteiger partial charge in [0.15, 0.2) is 5.82 Å². The van der Waals surface area contributed by atoms with Crippen molar-refractivity contribution in [3.63, 3.8) is 0 Å². The Morgan fingerprint density at radius 3 is 3.10 bits per heavy atom. The molecule has 102 valence electrons. The molecule has 0 saturated heterocycles. The highest BCUT2D eigenvalue weighted by Crippen LogP contribution is 2.11. The Morgan fingerprint density at radius 1 is 1.40 bits per heavy atom. The van der Waals surface area contributed by atoms with Gasteiger partial charge in [-0.2, -0.15) is 5.10 Å². The first-order chi connectivity index (χ1) is 9.72. The second-order valence-electron chi connectivity index (χ2n) is 4.47. The van der Waals surface area contributed by atoms with Gasteiger partial charge in [0.25, 0.3) is 5.91 Å². The molecule has 0 saturated carbocycles. The van der Waals surface area contributed by atoms with E-state index in [4.69, 9.17) is 0 Å². The van der Waals surface area contributed by atoms with E-state index < -0.39 is 0 Å². The highest BCUT2D eigenvalue weighted by molar-refractivity contribution is 5.97. The molecule has 0 radical (unpaired) electrons. The van der Waals surface area contributed by atoms with Crippen LogP contribution >= 0.6 is 0 Å². The lowest BCUT2D eigenvalue weighted by molar-refractivity contribution is 0.0954. The first-order valence-electron chi connectivity index (χ1n) is 6.28. The Balaban J connectivity index is 1.61. The predicted octanol–water partition coefficient (Wildman–Crippen LogP) is 0.664. The number of benzene rings is 1. The lowest BCUT2D eigenvalue weighted by Gasteiger charge is -2.03. The number of fused-ring (bicyclic) bond motifs is 1.